The third-order valence-corrected chi connectivity index (χ3v) is 3.09. The maximum atomic E-state index is 11.6. The summed E-state index contributed by atoms with van der Waals surface area (Å²) in [4.78, 5) is 30.6. The Morgan fingerprint density at radius 1 is 0.833 bits per heavy atom. The number of nitrogens with zero attached hydrogens (tertiary/aromatic N) is 6. The lowest BCUT2D eigenvalue weighted by atomic mass is 10.2. The Kier molecular flexibility index (Phi) is 6.05. The third-order valence-electron chi connectivity index (χ3n) is 3.09. The average molecular weight is 336 g/mol. The van der Waals surface area contributed by atoms with Crippen molar-refractivity contribution in [1.82, 2.24) is 40.2 Å². The van der Waals surface area contributed by atoms with E-state index in [-0.39, 0.29) is 24.0 Å². The van der Waals surface area contributed by atoms with E-state index in [0.717, 1.165) is 35.0 Å². The molecule has 0 unspecified atom stereocenters. The largest absolute Gasteiger partial charge is 0.366 e. The van der Waals surface area contributed by atoms with Gasteiger partial charge in [-0.3, -0.25) is 0 Å². The smallest absolute Gasteiger partial charge is 0.343 e. The average Bonchev–Trinajstić information content (AvgIpc) is 3.18. The van der Waals surface area contributed by atoms with Crippen LogP contribution in [0, 0.1) is 0 Å². The van der Waals surface area contributed by atoms with Gasteiger partial charge in [0.15, 0.2) is 0 Å². The van der Waals surface area contributed by atoms with E-state index in [9.17, 15) is 9.59 Å². The molecule has 12 heteroatoms. The normalized spacial score (nSPS) is 10.5. The molecule has 0 fully saturated rings. The first-order chi connectivity index (χ1) is 11.6. The number of hydrogen-bond acceptors (Lipinski definition) is 8. The maximum absolute atomic E-state index is 11.6. The van der Waals surface area contributed by atoms with E-state index in [1.165, 1.54) is 12.7 Å². The van der Waals surface area contributed by atoms with Gasteiger partial charge >= 0.3 is 12.1 Å². The van der Waals surface area contributed by atoms with Gasteiger partial charge in [-0.15, -0.1) is 10.2 Å². The lowest BCUT2D eigenvalue weighted by Gasteiger charge is -2.05. The molecular weight excluding hydrogens is 316 g/mol. The van der Waals surface area contributed by atoms with Crippen LogP contribution in [0.2, 0.25) is 0 Å². The van der Waals surface area contributed by atoms with E-state index < -0.39 is 0 Å². The minimum atomic E-state index is -0.362. The van der Waals surface area contributed by atoms with Gasteiger partial charge in [0.05, 0.1) is 0 Å². The molecule has 0 bridgehead atoms. The zero-order chi connectivity index (χ0) is 17.4. The Labute approximate surface area is 137 Å². The molecule has 6 N–H and O–H groups in total. The summed E-state index contributed by atoms with van der Waals surface area (Å²) in [5.41, 5.74) is 10.7. The van der Waals surface area contributed by atoms with Crippen molar-refractivity contribution in [2.45, 2.75) is 25.7 Å². The SMILES string of the molecule is Nc1ncn(C(=O)NCCCCCCNC(=O)n2cnc(N)n2)n1. The zero-order valence-electron chi connectivity index (χ0n) is 13.1. The Morgan fingerprint density at radius 2 is 1.25 bits per heavy atom. The molecule has 130 valence electrons. The first-order valence-corrected chi connectivity index (χ1v) is 7.47. The van der Waals surface area contributed by atoms with Crippen molar-refractivity contribution in [1.29, 1.82) is 0 Å². The van der Waals surface area contributed by atoms with Crippen LogP contribution in [0.25, 0.3) is 0 Å². The highest BCUT2D eigenvalue weighted by atomic mass is 16.2. The molecule has 2 aromatic rings. The fourth-order valence-corrected chi connectivity index (χ4v) is 1.90. The molecule has 0 atom stereocenters. The molecule has 2 heterocycles. The van der Waals surface area contributed by atoms with Crippen molar-refractivity contribution in [3.63, 3.8) is 0 Å². The van der Waals surface area contributed by atoms with Crippen molar-refractivity contribution in [3.8, 4) is 0 Å². The van der Waals surface area contributed by atoms with Crippen LogP contribution in [0.3, 0.4) is 0 Å². The fraction of sp³-hybridized carbons (Fsp3) is 0.500. The summed E-state index contributed by atoms with van der Waals surface area (Å²) in [5.74, 6) is 0.113. The Morgan fingerprint density at radius 3 is 1.58 bits per heavy atom. The van der Waals surface area contributed by atoms with Crippen LogP contribution in [0.4, 0.5) is 21.5 Å². The summed E-state index contributed by atoms with van der Waals surface area (Å²) < 4.78 is 2.11. The number of nitrogen functional groups attached to an aromatic ring is 2. The van der Waals surface area contributed by atoms with Gasteiger partial charge in [-0.1, -0.05) is 12.8 Å². The Hall–Kier alpha value is -3.18. The highest BCUT2D eigenvalue weighted by Crippen LogP contribution is 1.98. The first-order valence-electron chi connectivity index (χ1n) is 7.47. The highest BCUT2D eigenvalue weighted by Gasteiger charge is 2.06. The minimum Gasteiger partial charge on any atom is -0.366 e. The molecule has 0 aliphatic carbocycles. The van der Waals surface area contributed by atoms with Crippen LogP contribution in [0.5, 0.6) is 0 Å². The second-order valence-electron chi connectivity index (χ2n) is 4.97. The van der Waals surface area contributed by atoms with Gasteiger partial charge in [0.25, 0.3) is 0 Å². The number of rotatable bonds is 7. The van der Waals surface area contributed by atoms with Gasteiger partial charge < -0.3 is 22.1 Å². The summed E-state index contributed by atoms with van der Waals surface area (Å²) in [6.07, 6.45) is 6.01. The second-order valence-corrected chi connectivity index (χ2v) is 4.97. The van der Waals surface area contributed by atoms with Crippen molar-refractivity contribution in [3.05, 3.63) is 12.7 Å². The zero-order valence-corrected chi connectivity index (χ0v) is 13.1. The number of aromatic nitrogens is 6. The molecule has 0 aliphatic heterocycles. The molecule has 2 aromatic heterocycles. The monoisotopic (exact) mass is 336 g/mol. The quantitative estimate of drug-likeness (QED) is 0.486. The van der Waals surface area contributed by atoms with E-state index in [1.54, 1.807) is 0 Å². The van der Waals surface area contributed by atoms with E-state index >= 15 is 0 Å². The lowest BCUT2D eigenvalue weighted by Crippen LogP contribution is -2.30. The molecule has 0 saturated heterocycles. The number of hydrogen-bond donors (Lipinski definition) is 4. The van der Waals surface area contributed by atoms with E-state index in [1.807, 2.05) is 0 Å². The molecule has 0 radical (unpaired) electrons. The fourth-order valence-electron chi connectivity index (χ4n) is 1.90. The van der Waals surface area contributed by atoms with Crippen LogP contribution in [-0.2, 0) is 0 Å². The molecule has 24 heavy (non-hydrogen) atoms. The molecule has 0 spiro atoms. The van der Waals surface area contributed by atoms with Gasteiger partial charge in [0.1, 0.15) is 12.7 Å². The predicted octanol–water partition coefficient (Wildman–Crippen LogP) is -0.590. The van der Waals surface area contributed by atoms with Crippen LogP contribution >= 0.6 is 0 Å². The number of carbonyl (C=O) groups excluding carboxylic acids is 2. The van der Waals surface area contributed by atoms with Crippen LogP contribution in [-0.4, -0.2) is 54.7 Å². The van der Waals surface area contributed by atoms with Gasteiger partial charge in [0.2, 0.25) is 11.9 Å². The highest BCUT2D eigenvalue weighted by molar-refractivity contribution is 5.75. The maximum Gasteiger partial charge on any atom is 0.343 e. The van der Waals surface area contributed by atoms with Crippen molar-refractivity contribution in [2.75, 3.05) is 24.6 Å². The standard InChI is InChI=1S/C12H20N10O2/c13-9-17-7-21(19-9)11(23)15-5-3-1-2-4-6-16-12(24)22-8-18-10(14)20-22/h7-8H,1-6H2,(H2,13,19)(H2,14,20)(H,15,23)(H,16,24). The summed E-state index contributed by atoms with van der Waals surface area (Å²) >= 11 is 0. The molecule has 0 aliphatic rings. The van der Waals surface area contributed by atoms with Crippen molar-refractivity contribution < 1.29 is 9.59 Å². The Bertz CT molecular complexity index is 621. The molecular formula is C12H20N10O2. The minimum absolute atomic E-state index is 0.0563. The predicted molar refractivity (Wildman–Crippen MR) is 84.9 cm³/mol. The summed E-state index contributed by atoms with van der Waals surface area (Å²) in [5, 5.41) is 12.8. The van der Waals surface area contributed by atoms with Crippen LogP contribution in [0.1, 0.15) is 25.7 Å². The molecule has 2 rings (SSSR count). The van der Waals surface area contributed by atoms with E-state index in [2.05, 4.69) is 30.8 Å². The molecule has 0 saturated carbocycles. The van der Waals surface area contributed by atoms with Crippen molar-refractivity contribution >= 4 is 24.0 Å². The third kappa shape index (κ3) is 5.23. The molecule has 12 nitrogen and oxygen atoms in total. The summed E-state index contributed by atoms with van der Waals surface area (Å²) in [6, 6.07) is -0.725. The number of unbranched alkanes of at least 4 members (excludes halogenated alkanes) is 3. The topological polar surface area (TPSA) is 172 Å². The van der Waals surface area contributed by atoms with Crippen LogP contribution < -0.4 is 22.1 Å². The number of nitrogens with two attached hydrogens (primary N) is 2. The van der Waals surface area contributed by atoms with Gasteiger partial charge in [-0.05, 0) is 12.8 Å². The van der Waals surface area contributed by atoms with Gasteiger partial charge in [-0.2, -0.15) is 9.36 Å². The Balaban J connectivity index is 1.48. The number of nitrogens with one attached hydrogen (secondary N) is 2. The van der Waals surface area contributed by atoms with Crippen molar-refractivity contribution in [2.24, 2.45) is 0 Å². The first kappa shape index (κ1) is 17.2. The summed E-state index contributed by atoms with van der Waals surface area (Å²) in [6.45, 7) is 1.06. The van der Waals surface area contributed by atoms with Gasteiger partial charge in [0, 0.05) is 13.1 Å². The van der Waals surface area contributed by atoms with E-state index in [4.69, 9.17) is 11.5 Å². The molecule has 2 amide bonds. The number of carbonyl (C=O) groups is 2. The van der Waals surface area contributed by atoms with E-state index in [0.29, 0.717) is 13.1 Å². The second kappa shape index (κ2) is 8.45. The summed E-state index contributed by atoms with van der Waals surface area (Å²) in [7, 11) is 0. The number of amides is 2. The molecule has 0 aromatic carbocycles. The van der Waals surface area contributed by atoms with Gasteiger partial charge in [-0.25, -0.2) is 19.6 Å². The van der Waals surface area contributed by atoms with Crippen LogP contribution in [0.15, 0.2) is 12.7 Å². The lowest BCUT2D eigenvalue weighted by molar-refractivity contribution is 0.238. The number of anilines is 2.